The molecule has 0 unspecified atom stereocenters. The predicted molar refractivity (Wildman–Crippen MR) is 122 cm³/mol. The molecule has 0 aliphatic carbocycles. The number of H-pyrrole nitrogens is 1. The lowest BCUT2D eigenvalue weighted by atomic mass is 10.1. The number of hydrogen-bond donors (Lipinski definition) is 1. The Labute approximate surface area is 179 Å². The van der Waals surface area contributed by atoms with Crippen LogP contribution in [0.4, 0.5) is 0 Å². The van der Waals surface area contributed by atoms with Crippen LogP contribution in [0.2, 0.25) is 0 Å². The Hall–Kier alpha value is -1.86. The molecule has 3 rings (SSSR count). The van der Waals surface area contributed by atoms with Crippen molar-refractivity contribution in [3.05, 3.63) is 67.1 Å². The Morgan fingerprint density at radius 2 is 2.04 bits per heavy atom. The van der Waals surface area contributed by atoms with Crippen LogP contribution in [0.5, 0.6) is 5.75 Å². The summed E-state index contributed by atoms with van der Waals surface area (Å²) in [5.74, 6) is 1.41. The van der Waals surface area contributed by atoms with Gasteiger partial charge in [0.15, 0.2) is 0 Å². The molecule has 6 heteroatoms. The second-order valence-corrected chi connectivity index (χ2v) is 8.01. The fourth-order valence-electron chi connectivity index (χ4n) is 2.51. The third-order valence-electron chi connectivity index (χ3n) is 3.69. The lowest BCUT2D eigenvalue weighted by Gasteiger charge is -2.09. The van der Waals surface area contributed by atoms with E-state index in [1.807, 2.05) is 43.3 Å². The molecule has 2 aromatic carbocycles. The van der Waals surface area contributed by atoms with Crippen molar-refractivity contribution >= 4 is 67.9 Å². The Morgan fingerprint density at radius 3 is 2.69 bits per heavy atom. The molecular weight excluding hydrogens is 552 g/mol. The van der Waals surface area contributed by atoms with Crippen LogP contribution in [0.1, 0.15) is 17.0 Å². The molecular formula is C20H15I2N3O. The minimum absolute atomic E-state index is 0.461. The number of halogens is 2. The van der Waals surface area contributed by atoms with Crippen molar-refractivity contribution in [2.24, 2.45) is 0 Å². The van der Waals surface area contributed by atoms with Gasteiger partial charge in [0.25, 0.3) is 0 Å². The molecule has 0 bridgehead atoms. The maximum absolute atomic E-state index is 9.61. The smallest absolute Gasteiger partial charge is 0.149 e. The summed E-state index contributed by atoms with van der Waals surface area (Å²) in [6.45, 7) is 6.16. The first kappa shape index (κ1) is 18.9. The molecule has 1 heterocycles. The minimum Gasteiger partial charge on any atom is -0.487 e. The number of aromatic nitrogens is 2. The van der Waals surface area contributed by atoms with E-state index >= 15 is 0 Å². The number of fused-ring (bicyclic) bond motifs is 1. The number of allylic oxidation sites excluding steroid dienone is 1. The summed E-state index contributed by atoms with van der Waals surface area (Å²) in [5.41, 5.74) is 4.35. The van der Waals surface area contributed by atoms with Crippen molar-refractivity contribution in [1.29, 1.82) is 5.26 Å². The third kappa shape index (κ3) is 4.10. The van der Waals surface area contributed by atoms with Crippen LogP contribution < -0.4 is 4.74 Å². The van der Waals surface area contributed by atoms with Gasteiger partial charge >= 0.3 is 0 Å². The molecule has 0 aliphatic rings. The Balaban J connectivity index is 2.00. The van der Waals surface area contributed by atoms with Crippen molar-refractivity contribution in [1.82, 2.24) is 9.97 Å². The zero-order chi connectivity index (χ0) is 18.7. The standard InChI is InChI=1S/C20H15I2N3O/c1-3-6-26-19-15(21)9-13(10-16(19)22)8-14(11-23)20-24-17-5-4-12(2)7-18(17)25-20/h3-5,7-10H,1,6H2,2H3,(H,24,25)/b14-8-. The van der Waals surface area contributed by atoms with E-state index in [0.717, 1.165) is 35.1 Å². The third-order valence-corrected chi connectivity index (χ3v) is 5.29. The number of nitrogens with one attached hydrogen (secondary N) is 1. The highest BCUT2D eigenvalue weighted by Gasteiger charge is 2.11. The van der Waals surface area contributed by atoms with Crippen molar-refractivity contribution in [2.45, 2.75) is 6.92 Å². The van der Waals surface area contributed by atoms with Gasteiger partial charge in [0.05, 0.1) is 23.7 Å². The van der Waals surface area contributed by atoms with Crippen LogP contribution in [0.3, 0.4) is 0 Å². The Bertz CT molecular complexity index is 1040. The van der Waals surface area contributed by atoms with Crippen molar-refractivity contribution < 1.29 is 4.74 Å². The van der Waals surface area contributed by atoms with Gasteiger partial charge < -0.3 is 9.72 Å². The van der Waals surface area contributed by atoms with Crippen LogP contribution in [0.25, 0.3) is 22.7 Å². The summed E-state index contributed by atoms with van der Waals surface area (Å²) in [7, 11) is 0. The second kappa shape index (κ2) is 8.22. The molecule has 1 N–H and O–H groups in total. The van der Waals surface area contributed by atoms with Gasteiger partial charge in [0, 0.05) is 0 Å². The number of rotatable bonds is 5. The molecule has 26 heavy (non-hydrogen) atoms. The van der Waals surface area contributed by atoms with E-state index in [1.54, 1.807) is 6.08 Å². The van der Waals surface area contributed by atoms with Gasteiger partial charge in [-0.15, -0.1) is 0 Å². The number of nitrogens with zero attached hydrogens (tertiary/aromatic N) is 2. The Kier molecular flexibility index (Phi) is 5.98. The molecule has 0 radical (unpaired) electrons. The number of aromatic amines is 1. The number of nitriles is 1. The van der Waals surface area contributed by atoms with Gasteiger partial charge in [0.1, 0.15) is 24.3 Å². The zero-order valence-corrected chi connectivity index (χ0v) is 18.3. The second-order valence-electron chi connectivity index (χ2n) is 5.69. The van der Waals surface area contributed by atoms with Gasteiger partial charge in [-0.1, -0.05) is 18.7 Å². The molecule has 1 aromatic heterocycles. The van der Waals surface area contributed by atoms with E-state index in [0.29, 0.717) is 18.0 Å². The first-order valence-corrected chi connectivity index (χ1v) is 9.99. The molecule has 0 saturated heterocycles. The van der Waals surface area contributed by atoms with Gasteiger partial charge in [-0.25, -0.2) is 4.98 Å². The zero-order valence-electron chi connectivity index (χ0n) is 14.0. The largest absolute Gasteiger partial charge is 0.487 e. The van der Waals surface area contributed by atoms with Gasteiger partial charge in [-0.05, 0) is 93.6 Å². The van der Waals surface area contributed by atoms with Gasteiger partial charge in [-0.2, -0.15) is 5.26 Å². The van der Waals surface area contributed by atoms with Crippen LogP contribution in [-0.4, -0.2) is 16.6 Å². The number of aryl methyl sites for hydroxylation is 1. The lowest BCUT2D eigenvalue weighted by molar-refractivity contribution is 0.358. The quantitative estimate of drug-likeness (QED) is 0.244. The fraction of sp³-hybridized carbons (Fsp3) is 0.100. The van der Waals surface area contributed by atoms with Crippen LogP contribution in [0, 0.1) is 25.4 Å². The normalized spacial score (nSPS) is 11.4. The summed E-state index contributed by atoms with van der Waals surface area (Å²) >= 11 is 4.48. The molecule has 0 atom stereocenters. The first-order valence-electron chi connectivity index (χ1n) is 7.83. The SMILES string of the molecule is C=CCOc1c(I)cc(/C=C(/C#N)c2nc3ccc(C)cc3[nH]2)cc1I. The van der Waals surface area contributed by atoms with E-state index in [4.69, 9.17) is 4.74 Å². The van der Waals surface area contributed by atoms with Crippen LogP contribution in [0.15, 0.2) is 43.0 Å². The van der Waals surface area contributed by atoms with E-state index < -0.39 is 0 Å². The highest BCUT2D eigenvalue weighted by molar-refractivity contribution is 14.1. The summed E-state index contributed by atoms with van der Waals surface area (Å²) in [6, 6.07) is 12.2. The monoisotopic (exact) mass is 567 g/mol. The van der Waals surface area contributed by atoms with Crippen LogP contribution >= 0.6 is 45.2 Å². The van der Waals surface area contributed by atoms with Crippen molar-refractivity contribution in [3.63, 3.8) is 0 Å². The van der Waals surface area contributed by atoms with Crippen molar-refractivity contribution in [2.75, 3.05) is 6.61 Å². The molecule has 4 nitrogen and oxygen atoms in total. The van der Waals surface area contributed by atoms with Gasteiger partial charge in [-0.3, -0.25) is 0 Å². The molecule has 0 fully saturated rings. The molecule has 0 amide bonds. The summed E-state index contributed by atoms with van der Waals surface area (Å²) in [5, 5.41) is 9.61. The van der Waals surface area contributed by atoms with E-state index in [1.165, 1.54) is 0 Å². The molecule has 0 aliphatic heterocycles. The summed E-state index contributed by atoms with van der Waals surface area (Å²) in [6.07, 6.45) is 3.56. The number of imidazole rings is 1. The highest BCUT2D eigenvalue weighted by Crippen LogP contribution is 2.30. The average Bonchev–Trinajstić information content (AvgIpc) is 3.01. The fourth-order valence-corrected chi connectivity index (χ4v) is 4.64. The van der Waals surface area contributed by atoms with E-state index in [9.17, 15) is 5.26 Å². The topological polar surface area (TPSA) is 61.7 Å². The first-order chi connectivity index (χ1) is 12.5. The number of ether oxygens (including phenoxy) is 1. The highest BCUT2D eigenvalue weighted by atomic mass is 127. The van der Waals surface area contributed by atoms with Crippen LogP contribution in [-0.2, 0) is 0 Å². The molecule has 3 aromatic rings. The molecule has 0 saturated carbocycles. The summed E-state index contributed by atoms with van der Waals surface area (Å²) in [4.78, 5) is 7.77. The number of benzene rings is 2. The van der Waals surface area contributed by atoms with E-state index in [2.05, 4.69) is 67.8 Å². The van der Waals surface area contributed by atoms with Gasteiger partial charge in [0.2, 0.25) is 0 Å². The number of hydrogen-bond acceptors (Lipinski definition) is 3. The average molecular weight is 567 g/mol. The molecule has 130 valence electrons. The maximum atomic E-state index is 9.61. The van der Waals surface area contributed by atoms with Crippen molar-refractivity contribution in [3.8, 4) is 11.8 Å². The maximum Gasteiger partial charge on any atom is 0.149 e. The summed E-state index contributed by atoms with van der Waals surface area (Å²) < 4.78 is 7.67. The predicted octanol–water partition coefficient (Wildman–Crippen LogP) is 5.71. The molecule has 0 spiro atoms. The minimum atomic E-state index is 0.461. The lowest BCUT2D eigenvalue weighted by Crippen LogP contribution is -1.98. The Morgan fingerprint density at radius 1 is 1.31 bits per heavy atom. The van der Waals surface area contributed by atoms with E-state index in [-0.39, 0.29) is 0 Å².